The van der Waals surface area contributed by atoms with Gasteiger partial charge in [-0.25, -0.2) is 0 Å². The smallest absolute Gasteiger partial charge is 0.0431 e. The van der Waals surface area contributed by atoms with Gasteiger partial charge in [-0.15, -0.1) is 0 Å². The highest BCUT2D eigenvalue weighted by atomic mass is 16.2. The monoisotopic (exact) mass is 248 g/mol. The molecule has 1 aromatic carbocycles. The van der Waals surface area contributed by atoms with Crippen LogP contribution in [0.4, 0.5) is 0 Å². The van der Waals surface area contributed by atoms with Crippen molar-refractivity contribution >= 4 is 0 Å². The van der Waals surface area contributed by atoms with E-state index in [1.54, 1.807) is 0 Å². The molecular weight excluding hydrogens is 224 g/mol. The predicted octanol–water partition coefficient (Wildman–Crippen LogP) is 1.88. The molecule has 100 valence electrons. The summed E-state index contributed by atoms with van der Waals surface area (Å²) >= 11 is 0. The average molecular weight is 248 g/mol. The van der Waals surface area contributed by atoms with Gasteiger partial charge in [-0.1, -0.05) is 18.2 Å². The van der Waals surface area contributed by atoms with Crippen LogP contribution in [0.5, 0.6) is 0 Å². The summed E-state index contributed by atoms with van der Waals surface area (Å²) in [4.78, 5) is 2.51. The Kier molecular flexibility index (Phi) is 5.17. The van der Waals surface area contributed by atoms with Crippen molar-refractivity contribution in [3.8, 4) is 0 Å². The summed E-state index contributed by atoms with van der Waals surface area (Å²) in [6, 6.07) is 6.83. The van der Waals surface area contributed by atoms with Crippen molar-refractivity contribution in [1.29, 1.82) is 0 Å². The van der Waals surface area contributed by atoms with Crippen molar-refractivity contribution in [2.45, 2.75) is 38.9 Å². The molecule has 2 rings (SSSR count). The number of aliphatic hydroxyl groups is 1. The number of aliphatic hydroxyl groups excluding tert-OH is 1. The maximum atomic E-state index is 8.76. The highest BCUT2D eigenvalue weighted by molar-refractivity contribution is 5.34. The van der Waals surface area contributed by atoms with Crippen LogP contribution >= 0.6 is 0 Å². The van der Waals surface area contributed by atoms with E-state index >= 15 is 0 Å². The molecule has 0 atom stereocenters. The van der Waals surface area contributed by atoms with Gasteiger partial charge >= 0.3 is 0 Å². The van der Waals surface area contributed by atoms with Gasteiger partial charge in [-0.05, 0) is 49.5 Å². The molecule has 0 aliphatic carbocycles. The van der Waals surface area contributed by atoms with Crippen LogP contribution in [-0.4, -0.2) is 30.2 Å². The van der Waals surface area contributed by atoms with E-state index in [-0.39, 0.29) is 0 Å². The van der Waals surface area contributed by atoms with Crippen molar-refractivity contribution in [1.82, 2.24) is 10.2 Å². The van der Waals surface area contributed by atoms with Crippen molar-refractivity contribution in [3.63, 3.8) is 0 Å². The first-order chi connectivity index (χ1) is 8.83. The predicted molar refractivity (Wildman–Crippen MR) is 74.3 cm³/mol. The van der Waals surface area contributed by atoms with Crippen molar-refractivity contribution < 1.29 is 5.11 Å². The van der Waals surface area contributed by atoms with Crippen LogP contribution in [0.2, 0.25) is 0 Å². The summed E-state index contributed by atoms with van der Waals surface area (Å²) < 4.78 is 0. The van der Waals surface area contributed by atoms with E-state index in [4.69, 9.17) is 5.11 Å². The van der Waals surface area contributed by atoms with E-state index in [0.29, 0.717) is 6.61 Å². The first-order valence-electron chi connectivity index (χ1n) is 6.92. The Bertz CT molecular complexity index is 379. The third kappa shape index (κ3) is 3.55. The Morgan fingerprint density at radius 1 is 1.17 bits per heavy atom. The van der Waals surface area contributed by atoms with Gasteiger partial charge in [0.25, 0.3) is 0 Å². The molecule has 1 aliphatic heterocycles. The summed E-state index contributed by atoms with van der Waals surface area (Å²) in [7, 11) is 1.99. The van der Waals surface area contributed by atoms with E-state index < -0.39 is 0 Å². The van der Waals surface area contributed by atoms with Crippen LogP contribution in [0.25, 0.3) is 0 Å². The molecule has 0 saturated carbocycles. The average Bonchev–Trinajstić information content (AvgIpc) is 2.77. The molecule has 1 aliphatic rings. The number of rotatable bonds is 7. The van der Waals surface area contributed by atoms with Gasteiger partial charge in [0, 0.05) is 26.2 Å². The van der Waals surface area contributed by atoms with E-state index in [0.717, 1.165) is 39.0 Å². The SMILES string of the molecule is CNCc1ccc2c(c1)CN(CCCCCO)C2. The topological polar surface area (TPSA) is 35.5 Å². The molecule has 0 bridgehead atoms. The fourth-order valence-electron chi connectivity index (χ4n) is 2.61. The first kappa shape index (κ1) is 13.5. The van der Waals surface area contributed by atoms with E-state index in [1.807, 2.05) is 7.05 Å². The van der Waals surface area contributed by atoms with Gasteiger partial charge in [-0.2, -0.15) is 0 Å². The van der Waals surface area contributed by atoms with Crippen molar-refractivity contribution in [2.75, 3.05) is 20.2 Å². The maximum Gasteiger partial charge on any atom is 0.0431 e. The van der Waals surface area contributed by atoms with Gasteiger partial charge in [0.2, 0.25) is 0 Å². The van der Waals surface area contributed by atoms with Gasteiger partial charge in [0.15, 0.2) is 0 Å². The summed E-state index contributed by atoms with van der Waals surface area (Å²) in [6.45, 7) is 4.60. The van der Waals surface area contributed by atoms with E-state index in [2.05, 4.69) is 28.4 Å². The lowest BCUT2D eigenvalue weighted by Gasteiger charge is -2.13. The van der Waals surface area contributed by atoms with Crippen LogP contribution < -0.4 is 5.32 Å². The third-order valence-corrected chi connectivity index (χ3v) is 3.57. The molecule has 0 radical (unpaired) electrons. The van der Waals surface area contributed by atoms with Gasteiger partial charge in [0.05, 0.1) is 0 Å². The van der Waals surface area contributed by atoms with Crippen LogP contribution in [0.15, 0.2) is 18.2 Å². The second kappa shape index (κ2) is 6.88. The Balaban J connectivity index is 1.83. The zero-order valence-corrected chi connectivity index (χ0v) is 11.3. The molecule has 0 amide bonds. The second-order valence-electron chi connectivity index (χ2n) is 5.13. The molecule has 0 spiro atoms. The Morgan fingerprint density at radius 2 is 2.00 bits per heavy atom. The standard InChI is InChI=1S/C15H24N2O/c1-16-10-13-5-6-14-11-17(12-15(14)9-13)7-3-2-4-8-18/h5-6,9,16,18H,2-4,7-8,10-12H2,1H3. The largest absolute Gasteiger partial charge is 0.396 e. The number of fused-ring (bicyclic) bond motifs is 1. The fourth-order valence-corrected chi connectivity index (χ4v) is 2.61. The Labute approximate surface area is 110 Å². The molecule has 18 heavy (non-hydrogen) atoms. The normalized spacial score (nSPS) is 15.0. The van der Waals surface area contributed by atoms with Crippen molar-refractivity contribution in [2.24, 2.45) is 0 Å². The van der Waals surface area contributed by atoms with Crippen LogP contribution in [0, 0.1) is 0 Å². The lowest BCUT2D eigenvalue weighted by Crippen LogP contribution is -2.17. The molecule has 0 unspecified atom stereocenters. The molecule has 0 fully saturated rings. The number of unbranched alkanes of at least 4 members (excludes halogenated alkanes) is 2. The minimum atomic E-state index is 0.327. The zero-order valence-electron chi connectivity index (χ0n) is 11.3. The molecule has 2 N–H and O–H groups in total. The number of nitrogens with one attached hydrogen (secondary N) is 1. The maximum absolute atomic E-state index is 8.76. The first-order valence-corrected chi connectivity index (χ1v) is 6.92. The van der Waals surface area contributed by atoms with E-state index in [9.17, 15) is 0 Å². The highest BCUT2D eigenvalue weighted by Crippen LogP contribution is 2.24. The lowest BCUT2D eigenvalue weighted by molar-refractivity contribution is 0.257. The van der Waals surface area contributed by atoms with Gasteiger partial charge in [0.1, 0.15) is 0 Å². The number of hydrogen-bond donors (Lipinski definition) is 2. The molecular formula is C15H24N2O. The highest BCUT2D eigenvalue weighted by Gasteiger charge is 2.18. The summed E-state index contributed by atoms with van der Waals surface area (Å²) in [5.74, 6) is 0. The molecule has 1 heterocycles. The number of benzene rings is 1. The zero-order chi connectivity index (χ0) is 12.8. The fraction of sp³-hybridized carbons (Fsp3) is 0.600. The Morgan fingerprint density at radius 3 is 2.78 bits per heavy atom. The lowest BCUT2D eigenvalue weighted by atomic mass is 10.1. The third-order valence-electron chi connectivity index (χ3n) is 3.57. The summed E-state index contributed by atoms with van der Waals surface area (Å²) in [5.41, 5.74) is 4.35. The minimum Gasteiger partial charge on any atom is -0.396 e. The Hall–Kier alpha value is -0.900. The second-order valence-corrected chi connectivity index (χ2v) is 5.13. The van der Waals surface area contributed by atoms with Crippen LogP contribution in [-0.2, 0) is 19.6 Å². The molecule has 3 nitrogen and oxygen atoms in total. The van der Waals surface area contributed by atoms with Gasteiger partial charge < -0.3 is 10.4 Å². The quantitative estimate of drug-likeness (QED) is 0.723. The number of nitrogens with zero attached hydrogens (tertiary/aromatic N) is 1. The molecule has 0 saturated heterocycles. The minimum absolute atomic E-state index is 0.327. The molecule has 1 aromatic rings. The number of hydrogen-bond acceptors (Lipinski definition) is 3. The van der Waals surface area contributed by atoms with Crippen LogP contribution in [0.3, 0.4) is 0 Å². The summed E-state index contributed by atoms with van der Waals surface area (Å²) in [6.07, 6.45) is 3.26. The molecule has 0 aromatic heterocycles. The van der Waals surface area contributed by atoms with Crippen molar-refractivity contribution in [3.05, 3.63) is 34.9 Å². The van der Waals surface area contributed by atoms with Gasteiger partial charge in [-0.3, -0.25) is 4.90 Å². The summed E-state index contributed by atoms with van der Waals surface area (Å²) in [5, 5.41) is 12.0. The van der Waals surface area contributed by atoms with E-state index in [1.165, 1.54) is 23.1 Å². The van der Waals surface area contributed by atoms with Crippen LogP contribution in [0.1, 0.15) is 36.0 Å². The molecule has 3 heteroatoms.